The van der Waals surface area contributed by atoms with Crippen molar-refractivity contribution in [2.75, 3.05) is 11.9 Å². The van der Waals surface area contributed by atoms with Crippen molar-refractivity contribution in [2.45, 2.75) is 19.5 Å². The van der Waals surface area contributed by atoms with Gasteiger partial charge >= 0.3 is 0 Å². The van der Waals surface area contributed by atoms with E-state index in [2.05, 4.69) is 28.8 Å². The number of anilines is 1. The minimum absolute atomic E-state index is 0.129. The summed E-state index contributed by atoms with van der Waals surface area (Å²) in [6.45, 7) is 2.49. The van der Waals surface area contributed by atoms with Crippen molar-refractivity contribution in [2.24, 2.45) is 0 Å². The van der Waals surface area contributed by atoms with Crippen LogP contribution in [0.1, 0.15) is 16.7 Å². The highest BCUT2D eigenvalue weighted by Gasteiger charge is 2.13. The largest absolute Gasteiger partial charge is 0.384 e. The fraction of sp³-hybridized carbons (Fsp3) is 0.250. The van der Waals surface area contributed by atoms with Crippen LogP contribution in [0.15, 0.2) is 42.5 Å². The zero-order valence-electron chi connectivity index (χ0n) is 11.6. The van der Waals surface area contributed by atoms with Gasteiger partial charge in [0, 0.05) is 37.5 Å². The third-order valence-electron chi connectivity index (χ3n) is 3.72. The number of hydrogen-bond donors (Lipinski definition) is 2. The van der Waals surface area contributed by atoms with Gasteiger partial charge < -0.3 is 10.6 Å². The van der Waals surface area contributed by atoms with E-state index in [1.165, 1.54) is 16.8 Å². The zero-order valence-corrected chi connectivity index (χ0v) is 11.6. The van der Waals surface area contributed by atoms with Crippen LogP contribution in [0.2, 0.25) is 0 Å². The molecule has 5 heteroatoms. The highest BCUT2D eigenvalue weighted by atomic mass is 16.6. The number of non-ortho nitro benzene ring substituents is 1. The summed E-state index contributed by atoms with van der Waals surface area (Å²) in [7, 11) is 0. The van der Waals surface area contributed by atoms with Gasteiger partial charge in [-0.3, -0.25) is 10.1 Å². The van der Waals surface area contributed by atoms with Crippen molar-refractivity contribution in [1.82, 2.24) is 5.32 Å². The molecule has 0 unspecified atom stereocenters. The molecular weight excluding hydrogens is 266 g/mol. The van der Waals surface area contributed by atoms with E-state index in [0.29, 0.717) is 6.54 Å². The van der Waals surface area contributed by atoms with Crippen LogP contribution in [0.25, 0.3) is 0 Å². The summed E-state index contributed by atoms with van der Waals surface area (Å²) in [5, 5.41) is 17.4. The molecule has 21 heavy (non-hydrogen) atoms. The molecule has 108 valence electrons. The number of para-hydroxylation sites is 1. The monoisotopic (exact) mass is 283 g/mol. The Kier molecular flexibility index (Phi) is 3.83. The molecule has 0 atom stereocenters. The number of nitrogens with one attached hydrogen (secondary N) is 2. The Morgan fingerprint density at radius 3 is 2.71 bits per heavy atom. The predicted octanol–water partition coefficient (Wildman–Crippen LogP) is 2.85. The van der Waals surface area contributed by atoms with Crippen LogP contribution in [0.3, 0.4) is 0 Å². The molecule has 0 amide bonds. The van der Waals surface area contributed by atoms with E-state index in [4.69, 9.17) is 0 Å². The summed E-state index contributed by atoms with van der Waals surface area (Å²) in [6.07, 6.45) is 1.09. The molecule has 1 heterocycles. The number of benzene rings is 2. The van der Waals surface area contributed by atoms with Crippen LogP contribution < -0.4 is 10.6 Å². The molecule has 1 aliphatic rings. The van der Waals surface area contributed by atoms with Gasteiger partial charge in [0.2, 0.25) is 0 Å². The van der Waals surface area contributed by atoms with Gasteiger partial charge in [0.25, 0.3) is 5.69 Å². The summed E-state index contributed by atoms with van der Waals surface area (Å²) < 4.78 is 0. The topological polar surface area (TPSA) is 67.2 Å². The van der Waals surface area contributed by atoms with Crippen molar-refractivity contribution >= 4 is 11.4 Å². The smallest absolute Gasteiger partial charge is 0.269 e. The molecule has 0 saturated heterocycles. The highest BCUT2D eigenvalue weighted by molar-refractivity contribution is 5.61. The minimum atomic E-state index is -0.379. The quantitative estimate of drug-likeness (QED) is 0.654. The van der Waals surface area contributed by atoms with E-state index in [1.54, 1.807) is 24.3 Å². The van der Waals surface area contributed by atoms with E-state index < -0.39 is 0 Å². The van der Waals surface area contributed by atoms with Crippen LogP contribution >= 0.6 is 0 Å². The maximum absolute atomic E-state index is 10.6. The van der Waals surface area contributed by atoms with Crippen LogP contribution in [0.4, 0.5) is 11.4 Å². The van der Waals surface area contributed by atoms with Crippen molar-refractivity contribution in [3.05, 3.63) is 69.3 Å². The predicted molar refractivity (Wildman–Crippen MR) is 82.3 cm³/mol. The average molecular weight is 283 g/mol. The second-order valence-electron chi connectivity index (χ2n) is 5.16. The third kappa shape index (κ3) is 3.03. The second kappa shape index (κ2) is 5.93. The number of rotatable bonds is 5. The number of nitrogens with zero attached hydrogens (tertiary/aromatic N) is 1. The van der Waals surface area contributed by atoms with Gasteiger partial charge in [-0.25, -0.2) is 0 Å². The van der Waals surface area contributed by atoms with Gasteiger partial charge in [0.05, 0.1) is 4.92 Å². The van der Waals surface area contributed by atoms with E-state index >= 15 is 0 Å². The molecular formula is C16H17N3O2. The fourth-order valence-corrected chi connectivity index (χ4v) is 2.64. The molecule has 0 aliphatic carbocycles. The van der Waals surface area contributed by atoms with E-state index in [0.717, 1.165) is 25.1 Å². The highest BCUT2D eigenvalue weighted by Crippen LogP contribution is 2.26. The lowest BCUT2D eigenvalue weighted by atomic mass is 10.1. The van der Waals surface area contributed by atoms with E-state index in [-0.39, 0.29) is 10.6 Å². The number of fused-ring (bicyclic) bond motifs is 1. The average Bonchev–Trinajstić information content (AvgIpc) is 2.97. The first-order valence-electron chi connectivity index (χ1n) is 7.03. The summed E-state index contributed by atoms with van der Waals surface area (Å²) in [5.74, 6) is 0. The minimum Gasteiger partial charge on any atom is -0.384 e. The Labute approximate surface area is 123 Å². The summed E-state index contributed by atoms with van der Waals surface area (Å²) >= 11 is 0. The van der Waals surface area contributed by atoms with Gasteiger partial charge in [0.1, 0.15) is 0 Å². The van der Waals surface area contributed by atoms with Gasteiger partial charge in [-0.15, -0.1) is 0 Å². The Bertz CT molecular complexity index is 653. The molecule has 2 aromatic rings. The maximum Gasteiger partial charge on any atom is 0.269 e. The number of nitro groups is 1. The van der Waals surface area contributed by atoms with E-state index in [1.807, 2.05) is 0 Å². The van der Waals surface area contributed by atoms with Gasteiger partial charge in [-0.2, -0.15) is 0 Å². The Hall–Kier alpha value is -2.40. The van der Waals surface area contributed by atoms with Crippen molar-refractivity contribution in [3.8, 4) is 0 Å². The number of nitro benzene ring substituents is 1. The number of hydrogen-bond acceptors (Lipinski definition) is 4. The maximum atomic E-state index is 10.6. The first-order chi connectivity index (χ1) is 10.2. The first-order valence-corrected chi connectivity index (χ1v) is 7.03. The molecule has 1 aliphatic heterocycles. The van der Waals surface area contributed by atoms with Crippen molar-refractivity contribution < 1.29 is 4.92 Å². The molecule has 0 bridgehead atoms. The Morgan fingerprint density at radius 1 is 1.14 bits per heavy atom. The molecule has 0 aromatic heterocycles. The first kappa shape index (κ1) is 13.6. The standard InChI is InChI=1S/C16H17N3O2/c20-19(21)15-6-4-12(5-7-15)10-17-11-14-3-1-2-13-8-9-18-16(13)14/h1-7,17-18H,8-11H2. The van der Waals surface area contributed by atoms with Crippen LogP contribution in [0.5, 0.6) is 0 Å². The van der Waals surface area contributed by atoms with Crippen LogP contribution in [-0.4, -0.2) is 11.5 Å². The van der Waals surface area contributed by atoms with E-state index in [9.17, 15) is 10.1 Å². The molecule has 0 saturated carbocycles. The Balaban J connectivity index is 1.59. The molecule has 3 rings (SSSR count). The zero-order chi connectivity index (χ0) is 14.7. The lowest BCUT2D eigenvalue weighted by molar-refractivity contribution is -0.384. The van der Waals surface area contributed by atoms with Crippen molar-refractivity contribution in [1.29, 1.82) is 0 Å². The lowest BCUT2D eigenvalue weighted by Crippen LogP contribution is -2.13. The molecule has 2 aromatic carbocycles. The van der Waals surface area contributed by atoms with Crippen molar-refractivity contribution in [3.63, 3.8) is 0 Å². The van der Waals surface area contributed by atoms with Gasteiger partial charge in [0.15, 0.2) is 0 Å². The molecule has 0 fully saturated rings. The molecule has 0 spiro atoms. The van der Waals surface area contributed by atoms with Crippen LogP contribution in [0, 0.1) is 10.1 Å². The summed E-state index contributed by atoms with van der Waals surface area (Å²) in [6, 6.07) is 13.0. The molecule has 5 nitrogen and oxygen atoms in total. The normalized spacial score (nSPS) is 12.8. The fourth-order valence-electron chi connectivity index (χ4n) is 2.64. The Morgan fingerprint density at radius 2 is 1.95 bits per heavy atom. The van der Waals surface area contributed by atoms with Crippen LogP contribution in [-0.2, 0) is 19.5 Å². The SMILES string of the molecule is O=[N+]([O-])c1ccc(CNCc2cccc3c2NCC3)cc1. The lowest BCUT2D eigenvalue weighted by Gasteiger charge is -2.10. The third-order valence-corrected chi connectivity index (χ3v) is 3.72. The van der Waals surface area contributed by atoms with Gasteiger partial charge in [-0.05, 0) is 23.1 Å². The molecule has 2 N–H and O–H groups in total. The summed E-state index contributed by atoms with van der Waals surface area (Å²) in [5.41, 5.74) is 5.08. The summed E-state index contributed by atoms with van der Waals surface area (Å²) in [4.78, 5) is 10.2. The van der Waals surface area contributed by atoms with Gasteiger partial charge in [-0.1, -0.05) is 30.3 Å². The molecule has 0 radical (unpaired) electrons. The second-order valence-corrected chi connectivity index (χ2v) is 5.16.